The Kier molecular flexibility index (Phi) is 4.70. The van der Waals surface area contributed by atoms with Crippen LogP contribution < -0.4 is 5.32 Å². The first kappa shape index (κ1) is 15.3. The lowest BCUT2D eigenvalue weighted by atomic mass is 10.1. The number of carbonyl (C=O) groups excluding carboxylic acids is 1. The quantitative estimate of drug-likeness (QED) is 0.918. The average molecular weight is 341 g/mol. The highest BCUT2D eigenvalue weighted by Gasteiger charge is 2.33. The fourth-order valence-electron chi connectivity index (χ4n) is 1.95. The van der Waals surface area contributed by atoms with E-state index in [0.29, 0.717) is 19.1 Å². The Balaban J connectivity index is 1.69. The zero-order chi connectivity index (χ0) is 14.8. The van der Waals surface area contributed by atoms with Gasteiger partial charge in [0.1, 0.15) is 5.60 Å². The van der Waals surface area contributed by atoms with Gasteiger partial charge in [-0.2, -0.15) is 0 Å². The summed E-state index contributed by atoms with van der Waals surface area (Å²) in [6.07, 6.45) is -0.223. The van der Waals surface area contributed by atoms with Gasteiger partial charge in [0.25, 0.3) is 0 Å². The Labute approximate surface area is 128 Å². The van der Waals surface area contributed by atoms with E-state index in [-0.39, 0.29) is 6.09 Å². The van der Waals surface area contributed by atoms with Gasteiger partial charge in [0.2, 0.25) is 0 Å². The van der Waals surface area contributed by atoms with Gasteiger partial charge in [0.15, 0.2) is 0 Å². The second-order valence-electron chi connectivity index (χ2n) is 6.09. The fraction of sp³-hybridized carbons (Fsp3) is 0.533. The summed E-state index contributed by atoms with van der Waals surface area (Å²) < 4.78 is 6.40. The molecule has 0 saturated carbocycles. The molecule has 1 aliphatic heterocycles. The van der Waals surface area contributed by atoms with Crippen LogP contribution in [0.1, 0.15) is 26.3 Å². The van der Waals surface area contributed by atoms with Crippen molar-refractivity contribution < 1.29 is 9.53 Å². The van der Waals surface area contributed by atoms with Crippen LogP contribution in [0.4, 0.5) is 4.79 Å². The van der Waals surface area contributed by atoms with Gasteiger partial charge in [-0.1, -0.05) is 28.1 Å². The molecule has 0 radical (unpaired) electrons. The monoisotopic (exact) mass is 340 g/mol. The van der Waals surface area contributed by atoms with Crippen molar-refractivity contribution in [3.63, 3.8) is 0 Å². The molecular weight excluding hydrogens is 320 g/mol. The number of hydrogen-bond donors (Lipinski definition) is 1. The van der Waals surface area contributed by atoms with Gasteiger partial charge in [0.05, 0.1) is 0 Å². The predicted octanol–water partition coefficient (Wildman–Crippen LogP) is 3.16. The number of amides is 1. The molecule has 5 heteroatoms. The average Bonchev–Trinajstić information content (AvgIpc) is 2.27. The topological polar surface area (TPSA) is 41.6 Å². The van der Waals surface area contributed by atoms with E-state index >= 15 is 0 Å². The Morgan fingerprint density at radius 1 is 1.35 bits per heavy atom. The summed E-state index contributed by atoms with van der Waals surface area (Å²) in [4.78, 5) is 13.5. The maximum atomic E-state index is 11.8. The van der Waals surface area contributed by atoms with E-state index in [2.05, 4.69) is 33.4 Å². The lowest BCUT2D eigenvalue weighted by Crippen LogP contribution is -2.60. The van der Waals surface area contributed by atoms with Crippen LogP contribution in [0.3, 0.4) is 0 Å². The number of nitrogens with one attached hydrogen (secondary N) is 1. The zero-order valence-corrected chi connectivity index (χ0v) is 13.7. The van der Waals surface area contributed by atoms with Crippen LogP contribution in [0.5, 0.6) is 0 Å². The standard InChI is InChI=1S/C15H21BrN2O2/c1-15(2,3)20-14(19)18-9-13(10-18)17-8-11-4-6-12(16)7-5-11/h4-7,13,17H,8-10H2,1-3H3. The SMILES string of the molecule is CC(C)(C)OC(=O)N1CC(NCc2ccc(Br)cc2)C1. The number of nitrogens with zero attached hydrogens (tertiary/aromatic N) is 1. The Morgan fingerprint density at radius 2 is 1.95 bits per heavy atom. The number of rotatable bonds is 3. The van der Waals surface area contributed by atoms with Crippen LogP contribution >= 0.6 is 15.9 Å². The lowest BCUT2D eigenvalue weighted by Gasteiger charge is -2.40. The van der Waals surface area contributed by atoms with Crippen molar-refractivity contribution in [2.24, 2.45) is 0 Å². The molecule has 1 aromatic carbocycles. The molecule has 1 saturated heterocycles. The Hall–Kier alpha value is -1.07. The summed E-state index contributed by atoms with van der Waals surface area (Å²) in [5, 5.41) is 3.44. The lowest BCUT2D eigenvalue weighted by molar-refractivity contribution is 0.00519. The molecule has 1 heterocycles. The highest BCUT2D eigenvalue weighted by molar-refractivity contribution is 9.10. The number of ether oxygens (including phenoxy) is 1. The second kappa shape index (κ2) is 6.14. The van der Waals surface area contributed by atoms with Gasteiger partial charge in [-0.3, -0.25) is 0 Å². The van der Waals surface area contributed by atoms with Gasteiger partial charge < -0.3 is 15.0 Å². The van der Waals surface area contributed by atoms with Crippen LogP contribution in [0.25, 0.3) is 0 Å². The molecule has 2 rings (SSSR count). The van der Waals surface area contributed by atoms with Crippen LogP contribution in [-0.2, 0) is 11.3 Å². The number of halogens is 1. The molecule has 0 unspecified atom stereocenters. The van der Waals surface area contributed by atoms with Gasteiger partial charge in [-0.15, -0.1) is 0 Å². The fourth-order valence-corrected chi connectivity index (χ4v) is 2.21. The van der Waals surface area contributed by atoms with Crippen LogP contribution in [0.2, 0.25) is 0 Å². The second-order valence-corrected chi connectivity index (χ2v) is 7.01. The third-order valence-electron chi connectivity index (χ3n) is 3.04. The number of carbonyl (C=O) groups is 1. The number of likely N-dealkylation sites (tertiary alicyclic amines) is 1. The predicted molar refractivity (Wildman–Crippen MR) is 82.6 cm³/mol. The van der Waals surface area contributed by atoms with Crippen molar-refractivity contribution in [1.82, 2.24) is 10.2 Å². The van der Waals surface area contributed by atoms with E-state index in [4.69, 9.17) is 4.74 Å². The minimum Gasteiger partial charge on any atom is -0.444 e. The van der Waals surface area contributed by atoms with Crippen molar-refractivity contribution in [2.75, 3.05) is 13.1 Å². The molecule has 1 aromatic rings. The molecule has 110 valence electrons. The first-order valence-electron chi connectivity index (χ1n) is 6.79. The summed E-state index contributed by atoms with van der Waals surface area (Å²) in [5.41, 5.74) is 0.816. The summed E-state index contributed by atoms with van der Waals surface area (Å²) in [7, 11) is 0. The molecule has 0 aliphatic carbocycles. The van der Waals surface area contributed by atoms with Crippen molar-refractivity contribution in [2.45, 2.75) is 39.0 Å². The van der Waals surface area contributed by atoms with Crippen molar-refractivity contribution >= 4 is 22.0 Å². The van der Waals surface area contributed by atoms with Crippen LogP contribution in [-0.4, -0.2) is 35.7 Å². The van der Waals surface area contributed by atoms with E-state index < -0.39 is 5.60 Å². The van der Waals surface area contributed by atoms with E-state index in [1.807, 2.05) is 32.9 Å². The van der Waals surface area contributed by atoms with Crippen LogP contribution in [0, 0.1) is 0 Å². The molecule has 4 nitrogen and oxygen atoms in total. The van der Waals surface area contributed by atoms with E-state index in [1.54, 1.807) is 4.90 Å². The molecule has 20 heavy (non-hydrogen) atoms. The molecule has 1 amide bonds. The molecular formula is C15H21BrN2O2. The van der Waals surface area contributed by atoms with Gasteiger partial charge >= 0.3 is 6.09 Å². The summed E-state index contributed by atoms with van der Waals surface area (Å²) >= 11 is 3.42. The molecule has 0 bridgehead atoms. The van der Waals surface area contributed by atoms with Crippen molar-refractivity contribution in [3.05, 3.63) is 34.3 Å². The largest absolute Gasteiger partial charge is 0.444 e. The van der Waals surface area contributed by atoms with Crippen molar-refractivity contribution in [3.8, 4) is 0 Å². The van der Waals surface area contributed by atoms with E-state index in [0.717, 1.165) is 11.0 Å². The molecule has 0 spiro atoms. The van der Waals surface area contributed by atoms with Crippen molar-refractivity contribution in [1.29, 1.82) is 0 Å². The first-order chi connectivity index (χ1) is 9.33. The van der Waals surface area contributed by atoms with Crippen LogP contribution in [0.15, 0.2) is 28.7 Å². The van der Waals surface area contributed by atoms with Gasteiger partial charge in [-0.05, 0) is 38.5 Å². The minimum atomic E-state index is -0.424. The minimum absolute atomic E-state index is 0.223. The maximum Gasteiger partial charge on any atom is 0.410 e. The highest BCUT2D eigenvalue weighted by Crippen LogP contribution is 2.16. The third kappa shape index (κ3) is 4.49. The molecule has 0 atom stereocenters. The van der Waals surface area contributed by atoms with E-state index in [9.17, 15) is 4.79 Å². The highest BCUT2D eigenvalue weighted by atomic mass is 79.9. The summed E-state index contributed by atoms with van der Waals surface area (Å²) in [6, 6.07) is 8.59. The first-order valence-corrected chi connectivity index (χ1v) is 7.58. The summed E-state index contributed by atoms with van der Waals surface area (Å²) in [5.74, 6) is 0. The normalized spacial score (nSPS) is 15.9. The zero-order valence-electron chi connectivity index (χ0n) is 12.1. The molecule has 1 fully saturated rings. The van der Waals surface area contributed by atoms with Gasteiger partial charge in [0, 0.05) is 30.1 Å². The molecule has 0 aromatic heterocycles. The summed E-state index contributed by atoms with van der Waals surface area (Å²) in [6.45, 7) is 7.90. The molecule has 1 N–H and O–H groups in total. The third-order valence-corrected chi connectivity index (χ3v) is 3.57. The Morgan fingerprint density at radius 3 is 2.50 bits per heavy atom. The molecule has 1 aliphatic rings. The van der Waals surface area contributed by atoms with E-state index in [1.165, 1.54) is 5.56 Å². The van der Waals surface area contributed by atoms with Gasteiger partial charge in [-0.25, -0.2) is 4.79 Å². The smallest absolute Gasteiger partial charge is 0.410 e. The Bertz CT molecular complexity index is 462. The number of hydrogen-bond acceptors (Lipinski definition) is 3. The number of benzene rings is 1. The maximum absolute atomic E-state index is 11.8.